The summed E-state index contributed by atoms with van der Waals surface area (Å²) >= 11 is 0. The molecule has 0 fully saturated rings. The van der Waals surface area contributed by atoms with Crippen LogP contribution < -0.4 is 37.2 Å². The first-order valence-electron chi connectivity index (χ1n) is 42.2. The summed E-state index contributed by atoms with van der Waals surface area (Å²) in [4.78, 5) is 0. The van der Waals surface area contributed by atoms with E-state index < -0.39 is 0 Å². The standard InChI is InChI=1S/C36H74N.2C16H34N.C10H22O.C6H14O.3ClH.2Ti/c1-3-5-7-9-11-13-15-17-19-21-23-25-27-29-31-33-35-37-36-34-32-30-28-26-24-22-20-18-16-14-12-10-8-6-4-2;2*1-3-5-7-9-11-13-15-17-16-14-12-10-8-6-4-2;1-2-3-4-5-6-7-8-9-10-11;1-2-3-4-5-6-7;;;;;/h3-36H2,1-2H3;2*3-16H2,1-2H3;11H,2-10H2,1H3;7H,2-6H2,1H3;3*1H;;/q3*-1;;;;;;2*+3/p-3. The van der Waals surface area contributed by atoms with E-state index in [1.165, 1.54) is 424 Å². The molecule has 0 aliphatic rings. The molecule has 0 bridgehead atoms. The average Bonchev–Trinajstić information content (AvgIpc) is 3.55. The molecule has 0 amide bonds. The number of hydrogen-bond acceptors (Lipinski definition) is 2. The fourth-order valence-corrected chi connectivity index (χ4v) is 11.7. The molecule has 0 heterocycles. The van der Waals surface area contributed by atoms with Crippen molar-refractivity contribution in [2.45, 2.75) is 492 Å². The van der Waals surface area contributed by atoms with Crippen LogP contribution in [0.3, 0.4) is 0 Å². The van der Waals surface area contributed by atoms with Crippen LogP contribution in [0.15, 0.2) is 0 Å². The summed E-state index contributed by atoms with van der Waals surface area (Å²) in [5.41, 5.74) is 0. The minimum absolute atomic E-state index is 0. The van der Waals surface area contributed by atoms with E-state index in [-0.39, 0.29) is 80.7 Å². The van der Waals surface area contributed by atoms with Crippen LogP contribution in [0.5, 0.6) is 0 Å². The SMILES string of the molecule is CCCCCCCCCCCCCCCCCC[N-]CCCCCCCCCCCCCCCCCC.CCCCCCCCCCO.CCCCCCCC[N-]CCCCCCCC.CCCCCCCC[N-]CCCCCCCC.CCCCCCO.[Cl-].[Cl-].[Cl-].[Ti+3].[Ti+3]. The summed E-state index contributed by atoms with van der Waals surface area (Å²) in [6.07, 6.45) is 94.7. The van der Waals surface area contributed by atoms with Crippen LogP contribution in [-0.4, -0.2) is 62.7 Å². The van der Waals surface area contributed by atoms with Gasteiger partial charge in [-0.25, -0.2) is 0 Å². The van der Waals surface area contributed by atoms with Crippen molar-refractivity contribution in [1.29, 1.82) is 0 Å². The monoisotopic (exact) mass is 1460 g/mol. The van der Waals surface area contributed by atoms with Crippen LogP contribution >= 0.6 is 0 Å². The molecular formula is C84H178Cl3N3O2Ti2. The van der Waals surface area contributed by atoms with Crippen LogP contribution in [0, 0.1) is 0 Å². The molecule has 0 rings (SSSR count). The van der Waals surface area contributed by atoms with Gasteiger partial charge in [0.15, 0.2) is 0 Å². The Labute approximate surface area is 646 Å². The number of unbranched alkanes of at least 4 members (excludes halogenated alkanes) is 60. The van der Waals surface area contributed by atoms with Gasteiger partial charge in [-0.1, -0.05) is 479 Å². The molecule has 0 aromatic rings. The molecule has 94 heavy (non-hydrogen) atoms. The Bertz CT molecular complexity index is 958. The molecule has 0 aromatic heterocycles. The van der Waals surface area contributed by atoms with Gasteiger partial charge in [-0.3, -0.25) is 0 Å². The predicted molar refractivity (Wildman–Crippen MR) is 413 cm³/mol. The maximum Gasteiger partial charge on any atom is 3.00 e. The van der Waals surface area contributed by atoms with Gasteiger partial charge in [0.25, 0.3) is 0 Å². The van der Waals surface area contributed by atoms with Crippen molar-refractivity contribution < 1.29 is 90.9 Å². The largest absolute Gasteiger partial charge is 3.00 e. The van der Waals surface area contributed by atoms with Crippen LogP contribution in [0.1, 0.15) is 492 Å². The molecule has 0 saturated carbocycles. The van der Waals surface area contributed by atoms with E-state index in [0.717, 1.165) is 52.1 Å². The van der Waals surface area contributed by atoms with Gasteiger partial charge in [-0.2, -0.15) is 0 Å². The van der Waals surface area contributed by atoms with E-state index in [2.05, 4.69) is 66.0 Å². The van der Waals surface area contributed by atoms with Crippen molar-refractivity contribution in [3.05, 3.63) is 16.0 Å². The number of aliphatic hydroxyl groups is 2. The van der Waals surface area contributed by atoms with Crippen molar-refractivity contribution in [3.8, 4) is 0 Å². The number of rotatable bonds is 74. The second kappa shape index (κ2) is 128. The maximum absolute atomic E-state index is 8.51. The average molecular weight is 1460 g/mol. The first kappa shape index (κ1) is 117. The van der Waals surface area contributed by atoms with Crippen molar-refractivity contribution in [2.75, 3.05) is 52.5 Å². The minimum Gasteiger partial charge on any atom is -1.00 e. The minimum atomic E-state index is 0. The zero-order valence-electron chi connectivity index (χ0n) is 66.1. The number of aliphatic hydroxyl groups excluding tert-OH is 2. The summed E-state index contributed by atoms with van der Waals surface area (Å²) in [5.74, 6) is 0. The Balaban J connectivity index is -0.000000130. The van der Waals surface area contributed by atoms with E-state index in [4.69, 9.17) is 15.5 Å². The van der Waals surface area contributed by atoms with E-state index in [1.54, 1.807) is 0 Å². The van der Waals surface area contributed by atoms with Gasteiger partial charge in [-0.15, -0.1) is 39.3 Å². The van der Waals surface area contributed by atoms with Crippen molar-refractivity contribution in [1.82, 2.24) is 0 Å². The van der Waals surface area contributed by atoms with Crippen LogP contribution in [0.25, 0.3) is 16.0 Å². The van der Waals surface area contributed by atoms with Gasteiger partial charge in [-0.05, 0) is 12.8 Å². The summed E-state index contributed by atoms with van der Waals surface area (Å²) in [7, 11) is 0. The second-order valence-corrected chi connectivity index (χ2v) is 27.7. The molecule has 0 saturated heterocycles. The van der Waals surface area contributed by atoms with Crippen molar-refractivity contribution in [3.63, 3.8) is 0 Å². The molecule has 570 valence electrons. The summed E-state index contributed by atoms with van der Waals surface area (Å²) in [6.45, 7) is 25.5. The molecule has 2 radical (unpaired) electrons. The Morgan fingerprint density at radius 1 is 0.138 bits per heavy atom. The molecule has 0 aliphatic heterocycles. The van der Waals surface area contributed by atoms with E-state index in [0.29, 0.717) is 13.2 Å². The second-order valence-electron chi connectivity index (χ2n) is 27.7. The maximum atomic E-state index is 8.51. The fourth-order valence-electron chi connectivity index (χ4n) is 11.7. The molecule has 10 heteroatoms. The number of halogens is 3. The molecule has 2 N–H and O–H groups in total. The third kappa shape index (κ3) is 141. The first-order valence-corrected chi connectivity index (χ1v) is 42.2. The molecule has 0 spiro atoms. The normalized spacial score (nSPS) is 10.4. The van der Waals surface area contributed by atoms with Crippen molar-refractivity contribution >= 4 is 0 Å². The summed E-state index contributed by atoms with van der Waals surface area (Å²) < 4.78 is 0. The topological polar surface area (TPSA) is 82.8 Å². The molecule has 0 unspecified atom stereocenters. The van der Waals surface area contributed by atoms with Crippen molar-refractivity contribution in [2.24, 2.45) is 0 Å². The predicted octanol–water partition coefficient (Wildman–Crippen LogP) is 21.7. The third-order valence-electron chi connectivity index (χ3n) is 18.0. The Morgan fingerprint density at radius 3 is 0.330 bits per heavy atom. The molecular weight excluding hydrogens is 1290 g/mol. The zero-order valence-corrected chi connectivity index (χ0v) is 71.5. The van der Waals surface area contributed by atoms with Gasteiger partial charge in [0.1, 0.15) is 0 Å². The fraction of sp³-hybridized carbons (Fsp3) is 1.00. The van der Waals surface area contributed by atoms with Gasteiger partial charge in [0.05, 0.1) is 0 Å². The molecule has 5 nitrogen and oxygen atoms in total. The van der Waals surface area contributed by atoms with E-state index >= 15 is 0 Å². The quantitative estimate of drug-likeness (QED) is 0.0470. The number of hydrogen-bond donors (Lipinski definition) is 2. The Kier molecular flexibility index (Phi) is 160. The number of nitrogens with zero attached hydrogens (tertiary/aromatic N) is 3. The summed E-state index contributed by atoms with van der Waals surface area (Å²) in [6, 6.07) is 0. The third-order valence-corrected chi connectivity index (χ3v) is 18.0. The Hall–Kier alpha value is 2.10. The first-order chi connectivity index (χ1) is 44.1. The van der Waals surface area contributed by atoms with E-state index in [9.17, 15) is 0 Å². The van der Waals surface area contributed by atoms with E-state index in [1.807, 2.05) is 0 Å². The van der Waals surface area contributed by atoms with Crippen LogP contribution in [0.4, 0.5) is 0 Å². The Morgan fingerprint density at radius 2 is 0.223 bits per heavy atom. The zero-order chi connectivity index (χ0) is 65.9. The van der Waals surface area contributed by atoms with Gasteiger partial charge < -0.3 is 63.4 Å². The van der Waals surface area contributed by atoms with Gasteiger partial charge >= 0.3 is 43.4 Å². The van der Waals surface area contributed by atoms with Gasteiger partial charge in [0.2, 0.25) is 0 Å². The summed E-state index contributed by atoms with van der Waals surface area (Å²) in [5, 5.41) is 30.8. The van der Waals surface area contributed by atoms with Gasteiger partial charge in [0, 0.05) is 13.2 Å². The smallest absolute Gasteiger partial charge is 1.00 e. The van der Waals surface area contributed by atoms with Crippen LogP contribution in [0.2, 0.25) is 0 Å². The molecule has 0 atom stereocenters. The molecule has 0 aromatic carbocycles. The van der Waals surface area contributed by atoms with Crippen LogP contribution in [-0.2, 0) is 43.4 Å². The molecule has 0 aliphatic carbocycles.